The van der Waals surface area contributed by atoms with E-state index in [0.717, 1.165) is 24.8 Å². The maximum absolute atomic E-state index is 12.8. The standard InChI is InChI=1S/C22H26F2N2O5S/c1-30-20-14-16(8-9-19(20)31-22(23)24)10-11-25-21(27)17-6-5-7-18(15-17)32(28,29)26-12-3-2-4-13-26/h5-9,14-15,22H,2-4,10-13H2,1H3,(H,25,27). The topological polar surface area (TPSA) is 84.9 Å². The van der Waals surface area contributed by atoms with Crippen molar-refractivity contribution in [3.8, 4) is 11.5 Å². The van der Waals surface area contributed by atoms with Gasteiger partial charge in [-0.1, -0.05) is 18.6 Å². The number of piperidine rings is 1. The first-order valence-electron chi connectivity index (χ1n) is 10.3. The average molecular weight is 469 g/mol. The highest BCUT2D eigenvalue weighted by Crippen LogP contribution is 2.29. The fourth-order valence-electron chi connectivity index (χ4n) is 3.54. The smallest absolute Gasteiger partial charge is 0.387 e. The summed E-state index contributed by atoms with van der Waals surface area (Å²) in [6, 6.07) is 10.6. The van der Waals surface area contributed by atoms with Crippen LogP contribution in [0.25, 0.3) is 0 Å². The Labute approximate surface area is 186 Å². The normalized spacial score (nSPS) is 14.9. The number of nitrogens with zero attached hydrogens (tertiary/aromatic N) is 1. The molecular weight excluding hydrogens is 442 g/mol. The lowest BCUT2D eigenvalue weighted by Gasteiger charge is -2.26. The quantitative estimate of drug-likeness (QED) is 0.610. The van der Waals surface area contributed by atoms with E-state index in [0.29, 0.717) is 19.5 Å². The summed E-state index contributed by atoms with van der Waals surface area (Å²) in [6.45, 7) is -1.71. The van der Waals surface area contributed by atoms with Crippen molar-refractivity contribution in [3.05, 3.63) is 53.6 Å². The fraction of sp³-hybridized carbons (Fsp3) is 0.409. The van der Waals surface area contributed by atoms with Gasteiger partial charge in [0.1, 0.15) is 0 Å². The predicted octanol–water partition coefficient (Wildman–Crippen LogP) is 3.44. The number of halogens is 2. The minimum absolute atomic E-state index is 0.0676. The van der Waals surface area contributed by atoms with E-state index in [1.165, 1.54) is 29.6 Å². The Morgan fingerprint density at radius 3 is 2.53 bits per heavy atom. The highest BCUT2D eigenvalue weighted by atomic mass is 32.2. The third-order valence-electron chi connectivity index (χ3n) is 5.19. The summed E-state index contributed by atoms with van der Waals surface area (Å²) < 4.78 is 61.5. The largest absolute Gasteiger partial charge is 0.493 e. The minimum Gasteiger partial charge on any atom is -0.493 e. The van der Waals surface area contributed by atoms with Crippen LogP contribution in [0.4, 0.5) is 8.78 Å². The fourth-order valence-corrected chi connectivity index (χ4v) is 5.10. The van der Waals surface area contributed by atoms with Crippen LogP contribution in [0.1, 0.15) is 35.2 Å². The van der Waals surface area contributed by atoms with Crippen LogP contribution in [0.2, 0.25) is 0 Å². The Balaban J connectivity index is 1.61. The van der Waals surface area contributed by atoms with Gasteiger partial charge in [-0.15, -0.1) is 0 Å². The molecule has 10 heteroatoms. The molecule has 1 fully saturated rings. The zero-order valence-corrected chi connectivity index (χ0v) is 18.5. The Morgan fingerprint density at radius 1 is 1.09 bits per heavy atom. The number of hydrogen-bond donors (Lipinski definition) is 1. The Morgan fingerprint density at radius 2 is 1.84 bits per heavy atom. The summed E-state index contributed by atoms with van der Waals surface area (Å²) in [5.41, 5.74) is 1.01. The third-order valence-corrected chi connectivity index (χ3v) is 7.09. The van der Waals surface area contributed by atoms with E-state index in [2.05, 4.69) is 10.1 Å². The van der Waals surface area contributed by atoms with Gasteiger partial charge < -0.3 is 14.8 Å². The molecule has 174 valence electrons. The summed E-state index contributed by atoms with van der Waals surface area (Å²) >= 11 is 0. The van der Waals surface area contributed by atoms with Gasteiger partial charge >= 0.3 is 6.61 Å². The molecule has 0 atom stereocenters. The number of hydrogen-bond acceptors (Lipinski definition) is 5. The molecule has 0 aliphatic carbocycles. The van der Waals surface area contributed by atoms with Crippen molar-refractivity contribution in [1.82, 2.24) is 9.62 Å². The number of nitrogens with one attached hydrogen (secondary N) is 1. The number of amides is 1. The van der Waals surface area contributed by atoms with Crippen molar-refractivity contribution >= 4 is 15.9 Å². The molecule has 2 aromatic carbocycles. The number of sulfonamides is 1. The molecule has 0 aromatic heterocycles. The molecule has 1 aliphatic rings. The molecule has 1 aliphatic heterocycles. The van der Waals surface area contributed by atoms with E-state index >= 15 is 0 Å². The first-order chi connectivity index (χ1) is 15.3. The molecule has 0 bridgehead atoms. The predicted molar refractivity (Wildman–Crippen MR) is 115 cm³/mol. The second-order valence-corrected chi connectivity index (χ2v) is 9.30. The second kappa shape index (κ2) is 10.7. The van der Waals surface area contributed by atoms with Gasteiger partial charge in [-0.25, -0.2) is 8.42 Å². The van der Waals surface area contributed by atoms with Crippen molar-refractivity contribution in [1.29, 1.82) is 0 Å². The molecular formula is C22H26F2N2O5S. The molecule has 0 saturated carbocycles. The summed E-state index contributed by atoms with van der Waals surface area (Å²) in [6.07, 6.45) is 3.10. The second-order valence-electron chi connectivity index (χ2n) is 7.36. The monoisotopic (exact) mass is 468 g/mol. The number of rotatable bonds is 9. The molecule has 1 heterocycles. The summed E-state index contributed by atoms with van der Waals surface area (Å²) in [5, 5.41) is 2.75. The lowest BCUT2D eigenvalue weighted by Crippen LogP contribution is -2.35. The van der Waals surface area contributed by atoms with E-state index in [-0.39, 0.29) is 28.5 Å². The molecule has 0 radical (unpaired) electrons. The van der Waals surface area contributed by atoms with Gasteiger partial charge in [-0.3, -0.25) is 4.79 Å². The van der Waals surface area contributed by atoms with Crippen LogP contribution in [-0.2, 0) is 16.4 Å². The summed E-state index contributed by atoms with van der Waals surface area (Å²) in [5.74, 6) is -0.294. The molecule has 7 nitrogen and oxygen atoms in total. The molecule has 32 heavy (non-hydrogen) atoms. The van der Waals surface area contributed by atoms with Gasteiger partial charge in [-0.05, 0) is 55.2 Å². The summed E-state index contributed by atoms with van der Waals surface area (Å²) in [4.78, 5) is 12.6. The maximum atomic E-state index is 12.8. The van der Waals surface area contributed by atoms with Crippen molar-refractivity contribution in [2.75, 3.05) is 26.7 Å². The van der Waals surface area contributed by atoms with Crippen LogP contribution in [-0.4, -0.2) is 52.0 Å². The highest BCUT2D eigenvalue weighted by molar-refractivity contribution is 7.89. The molecule has 1 saturated heterocycles. The number of ether oxygens (including phenoxy) is 2. The van der Waals surface area contributed by atoms with Crippen molar-refractivity contribution < 1.29 is 31.5 Å². The van der Waals surface area contributed by atoms with E-state index in [9.17, 15) is 22.0 Å². The maximum Gasteiger partial charge on any atom is 0.387 e. The van der Waals surface area contributed by atoms with E-state index in [1.807, 2.05) is 0 Å². The zero-order chi connectivity index (χ0) is 23.1. The number of alkyl halides is 2. The molecule has 2 aromatic rings. The van der Waals surface area contributed by atoms with Gasteiger partial charge in [0.25, 0.3) is 5.91 Å². The lowest BCUT2D eigenvalue weighted by molar-refractivity contribution is -0.0512. The van der Waals surface area contributed by atoms with Crippen LogP contribution in [0.3, 0.4) is 0 Å². The Hall–Kier alpha value is -2.72. The third kappa shape index (κ3) is 5.95. The van der Waals surface area contributed by atoms with Crippen molar-refractivity contribution in [2.45, 2.75) is 37.2 Å². The van der Waals surface area contributed by atoms with E-state index < -0.39 is 22.5 Å². The van der Waals surface area contributed by atoms with Crippen LogP contribution in [0, 0.1) is 0 Å². The SMILES string of the molecule is COc1cc(CCNC(=O)c2cccc(S(=O)(=O)N3CCCCC3)c2)ccc1OC(F)F. The Kier molecular flexibility index (Phi) is 8.03. The number of carbonyl (C=O) groups excluding carboxylic acids is 1. The average Bonchev–Trinajstić information content (AvgIpc) is 2.80. The lowest BCUT2D eigenvalue weighted by atomic mass is 10.1. The van der Waals surface area contributed by atoms with Crippen LogP contribution >= 0.6 is 0 Å². The molecule has 0 unspecified atom stereocenters. The van der Waals surface area contributed by atoms with Gasteiger partial charge in [-0.2, -0.15) is 13.1 Å². The number of methoxy groups -OCH3 is 1. The molecule has 0 spiro atoms. The van der Waals surface area contributed by atoms with Gasteiger partial charge in [0.05, 0.1) is 12.0 Å². The summed E-state index contributed by atoms with van der Waals surface area (Å²) in [7, 11) is -2.28. The van der Waals surface area contributed by atoms with Gasteiger partial charge in [0.15, 0.2) is 11.5 Å². The van der Waals surface area contributed by atoms with Crippen molar-refractivity contribution in [2.24, 2.45) is 0 Å². The van der Waals surface area contributed by atoms with Crippen LogP contribution in [0.15, 0.2) is 47.4 Å². The Bertz CT molecular complexity index is 1040. The van der Waals surface area contributed by atoms with Crippen LogP contribution in [0.5, 0.6) is 11.5 Å². The van der Waals surface area contributed by atoms with E-state index in [1.54, 1.807) is 24.3 Å². The number of benzene rings is 2. The first-order valence-corrected chi connectivity index (χ1v) is 11.8. The van der Waals surface area contributed by atoms with Crippen molar-refractivity contribution in [3.63, 3.8) is 0 Å². The molecule has 1 N–H and O–H groups in total. The van der Waals surface area contributed by atoms with Gasteiger partial charge in [0.2, 0.25) is 10.0 Å². The number of carbonyl (C=O) groups is 1. The molecule has 1 amide bonds. The first kappa shape index (κ1) is 23.9. The van der Waals surface area contributed by atoms with Crippen LogP contribution < -0.4 is 14.8 Å². The zero-order valence-electron chi connectivity index (χ0n) is 17.7. The van der Waals surface area contributed by atoms with E-state index in [4.69, 9.17) is 4.74 Å². The highest BCUT2D eigenvalue weighted by Gasteiger charge is 2.26. The minimum atomic E-state index is -3.63. The van der Waals surface area contributed by atoms with Gasteiger partial charge in [0, 0.05) is 25.2 Å². The molecule has 3 rings (SSSR count).